The number of amides is 1. The average molecular weight is 764 g/mol. The van der Waals surface area contributed by atoms with E-state index in [9.17, 15) is 19.5 Å². The van der Waals surface area contributed by atoms with Crippen LogP contribution in [0.2, 0.25) is 5.82 Å². The van der Waals surface area contributed by atoms with E-state index >= 15 is 0 Å². The summed E-state index contributed by atoms with van der Waals surface area (Å²) in [5.41, 5.74) is 8.30. The number of carbonyl (C=O) groups excluding carboxylic acids is 2. The number of aliphatic carboxylic acids is 1. The number of nitrogens with one attached hydrogen (secondary N) is 1. The van der Waals surface area contributed by atoms with Gasteiger partial charge >= 0.3 is 12.1 Å². The topological polar surface area (TPSA) is 175 Å². The molecule has 1 fully saturated rings. The number of carboxylic acids is 1. The largest absolute Gasteiger partial charge is 0.481 e. The van der Waals surface area contributed by atoms with Gasteiger partial charge in [-0.2, -0.15) is 0 Å². The van der Waals surface area contributed by atoms with Crippen molar-refractivity contribution in [1.82, 2.24) is 30.2 Å². The van der Waals surface area contributed by atoms with Gasteiger partial charge in [0.05, 0.1) is 31.2 Å². The molecule has 15 heteroatoms. The Balaban J connectivity index is 1.37. The lowest BCUT2D eigenvalue weighted by molar-refractivity contribution is -0.148. The van der Waals surface area contributed by atoms with Crippen LogP contribution in [0.5, 0.6) is 0 Å². The molecule has 294 valence electrons. The van der Waals surface area contributed by atoms with Gasteiger partial charge in [-0.15, -0.1) is 16.4 Å². The number of benzene rings is 1. The SMILES string of the molecule is [B][C@H]([C@@H](C)C(=O)[C@@H](Cc1cncs1)C(=O)O)[C@@](C)(C[C@@H](C)CN[C@H](C)[C@H]1N(CCCCn2cc(-c3cccc(N)c3)nn2)C(=O)O[C@]1(C)[C@H](C)CC)OC. The number of methoxy groups -OCH3 is 1. The molecule has 9 atom stereocenters. The predicted molar refractivity (Wildman–Crippen MR) is 211 cm³/mol. The highest BCUT2D eigenvalue weighted by molar-refractivity contribution is 7.09. The molecule has 54 heavy (non-hydrogen) atoms. The summed E-state index contributed by atoms with van der Waals surface area (Å²) in [6, 6.07) is 7.23. The first-order valence-corrected chi connectivity index (χ1v) is 19.9. The molecule has 0 spiro atoms. The molecular weight excluding hydrogens is 705 g/mol. The Morgan fingerprint density at radius 3 is 2.57 bits per heavy atom. The Hall–Kier alpha value is -3.82. The number of thiazole rings is 1. The molecule has 0 aliphatic carbocycles. The lowest BCUT2D eigenvalue weighted by atomic mass is 9.62. The van der Waals surface area contributed by atoms with Crippen LogP contribution in [-0.4, -0.2) is 99.2 Å². The summed E-state index contributed by atoms with van der Waals surface area (Å²) in [4.78, 5) is 45.7. The summed E-state index contributed by atoms with van der Waals surface area (Å²) < 4.78 is 14.0. The van der Waals surface area contributed by atoms with Crippen molar-refractivity contribution in [3.05, 3.63) is 47.0 Å². The van der Waals surface area contributed by atoms with Gasteiger partial charge in [-0.25, -0.2) is 4.79 Å². The van der Waals surface area contributed by atoms with Crippen LogP contribution >= 0.6 is 11.3 Å². The third kappa shape index (κ3) is 10.1. The fourth-order valence-corrected chi connectivity index (χ4v) is 8.45. The quantitative estimate of drug-likeness (QED) is 0.0481. The van der Waals surface area contributed by atoms with Gasteiger partial charge < -0.3 is 25.6 Å². The first-order chi connectivity index (χ1) is 25.5. The first-order valence-electron chi connectivity index (χ1n) is 19.0. The van der Waals surface area contributed by atoms with Gasteiger partial charge in [0.15, 0.2) is 0 Å². The molecule has 3 aromatic rings. The summed E-state index contributed by atoms with van der Waals surface area (Å²) in [6.07, 6.45) is 6.19. The van der Waals surface area contributed by atoms with Gasteiger partial charge in [-0.1, -0.05) is 45.0 Å². The highest BCUT2D eigenvalue weighted by Gasteiger charge is 2.55. The van der Waals surface area contributed by atoms with E-state index in [2.05, 4.69) is 48.3 Å². The molecule has 1 amide bonds. The zero-order valence-electron chi connectivity index (χ0n) is 33.0. The average Bonchev–Trinajstić information content (AvgIpc) is 3.90. The number of hydrogen-bond donors (Lipinski definition) is 3. The maximum atomic E-state index is 13.5. The lowest BCUT2D eigenvalue weighted by Crippen LogP contribution is -2.58. The first kappa shape index (κ1) is 42.9. The van der Waals surface area contributed by atoms with Crippen molar-refractivity contribution in [2.75, 3.05) is 25.9 Å². The fourth-order valence-electron chi connectivity index (χ4n) is 7.81. The third-order valence-electron chi connectivity index (χ3n) is 11.5. The number of nitrogens with two attached hydrogens (primary N) is 1. The Bertz CT molecular complexity index is 1690. The number of rotatable bonds is 22. The van der Waals surface area contributed by atoms with Crippen molar-refractivity contribution in [2.45, 2.75) is 116 Å². The van der Waals surface area contributed by atoms with Crippen LogP contribution in [0.4, 0.5) is 10.5 Å². The van der Waals surface area contributed by atoms with E-state index in [1.54, 1.807) is 25.7 Å². The number of anilines is 1. The Morgan fingerprint density at radius 1 is 1.22 bits per heavy atom. The number of ketones is 1. The van der Waals surface area contributed by atoms with Crippen molar-refractivity contribution in [2.24, 2.45) is 23.7 Å². The lowest BCUT2D eigenvalue weighted by Gasteiger charge is -2.42. The summed E-state index contributed by atoms with van der Waals surface area (Å²) >= 11 is 1.32. The Labute approximate surface area is 325 Å². The zero-order valence-corrected chi connectivity index (χ0v) is 33.8. The Kier molecular flexibility index (Phi) is 14.8. The number of ether oxygens (including phenoxy) is 2. The highest BCUT2D eigenvalue weighted by atomic mass is 32.1. The van der Waals surface area contributed by atoms with Crippen LogP contribution in [0.3, 0.4) is 0 Å². The minimum atomic E-state index is -1.22. The van der Waals surface area contributed by atoms with Gasteiger partial charge in [0, 0.05) is 60.9 Å². The van der Waals surface area contributed by atoms with Gasteiger partial charge in [-0.05, 0) is 82.8 Å². The molecule has 4 N–H and O–H groups in total. The van der Waals surface area contributed by atoms with E-state index in [-0.39, 0.29) is 36.4 Å². The van der Waals surface area contributed by atoms with E-state index in [1.807, 2.05) is 53.9 Å². The highest BCUT2D eigenvalue weighted by Crippen LogP contribution is 2.41. The van der Waals surface area contributed by atoms with Crippen LogP contribution in [0, 0.1) is 23.7 Å². The van der Waals surface area contributed by atoms with Gasteiger partial charge in [0.25, 0.3) is 0 Å². The molecule has 1 aliphatic rings. The molecule has 4 rings (SSSR count). The molecular formula is C39H58BN7O6S. The van der Waals surface area contributed by atoms with Gasteiger partial charge in [0.1, 0.15) is 23.0 Å². The second kappa shape index (κ2) is 18.7. The second-order valence-corrected chi connectivity index (χ2v) is 16.5. The molecule has 13 nitrogen and oxygen atoms in total. The zero-order chi connectivity index (χ0) is 39.8. The van der Waals surface area contributed by atoms with Crippen LogP contribution in [0.15, 0.2) is 42.2 Å². The van der Waals surface area contributed by atoms with Crippen molar-refractivity contribution in [3.8, 4) is 11.3 Å². The third-order valence-corrected chi connectivity index (χ3v) is 12.3. The van der Waals surface area contributed by atoms with Crippen LogP contribution < -0.4 is 11.1 Å². The van der Waals surface area contributed by atoms with Crippen molar-refractivity contribution < 1.29 is 29.0 Å². The normalized spacial score (nSPS) is 21.8. The smallest absolute Gasteiger partial charge is 0.410 e. The molecule has 1 saturated heterocycles. The summed E-state index contributed by atoms with van der Waals surface area (Å²) in [6.45, 7) is 15.8. The number of cyclic esters (lactones) is 1. The number of carbonyl (C=O) groups is 3. The summed E-state index contributed by atoms with van der Waals surface area (Å²) in [5.74, 6) is -4.15. The number of unbranched alkanes of at least 4 members (excludes halogenated alkanes) is 1. The van der Waals surface area contributed by atoms with E-state index in [1.165, 1.54) is 11.3 Å². The number of nitrogen functional groups attached to an aromatic ring is 1. The molecule has 0 bridgehead atoms. The molecule has 0 unspecified atom stereocenters. The van der Waals surface area contributed by atoms with Crippen LogP contribution in [-0.2, 0) is 32.0 Å². The predicted octanol–water partition coefficient (Wildman–Crippen LogP) is 5.90. The minimum absolute atomic E-state index is 0.0550. The van der Waals surface area contributed by atoms with Crippen LogP contribution in [0.25, 0.3) is 11.3 Å². The number of aryl methyl sites for hydroxylation is 1. The fraction of sp³-hybridized carbons (Fsp3) is 0.641. The van der Waals surface area contributed by atoms with Gasteiger partial charge in [-0.3, -0.25) is 24.2 Å². The Morgan fingerprint density at radius 2 is 1.94 bits per heavy atom. The molecule has 1 aromatic carbocycles. The maximum absolute atomic E-state index is 13.5. The number of Topliss-reactive ketones (excluding diaryl/α,β-unsaturated/α-hetero) is 1. The molecule has 2 aromatic heterocycles. The number of aromatic nitrogens is 4. The van der Waals surface area contributed by atoms with Crippen molar-refractivity contribution >= 4 is 42.7 Å². The summed E-state index contributed by atoms with van der Waals surface area (Å²) in [5, 5.41) is 22.2. The molecule has 3 heterocycles. The van der Waals surface area contributed by atoms with E-state index in [0.717, 1.165) is 35.4 Å². The monoisotopic (exact) mass is 763 g/mol. The molecule has 2 radical (unpaired) electrons. The van der Waals surface area contributed by atoms with E-state index in [4.69, 9.17) is 23.1 Å². The minimum Gasteiger partial charge on any atom is -0.481 e. The number of hydrogen-bond acceptors (Lipinski definition) is 11. The number of carboxylic acid groups (broad SMARTS) is 1. The molecule has 1 aliphatic heterocycles. The summed E-state index contributed by atoms with van der Waals surface area (Å²) in [7, 11) is 8.30. The van der Waals surface area contributed by atoms with Gasteiger partial charge in [0.2, 0.25) is 0 Å². The number of nitrogens with zero attached hydrogens (tertiary/aromatic N) is 5. The van der Waals surface area contributed by atoms with E-state index in [0.29, 0.717) is 31.7 Å². The van der Waals surface area contributed by atoms with Crippen molar-refractivity contribution in [3.63, 3.8) is 0 Å². The molecule has 0 saturated carbocycles. The standard InChI is InChI=1S/C39H58BN7O6S/c1-9-25(3)39(7)35(47(37(51)53-39)16-11-10-15-46-22-32(44-45-46)28-13-12-14-29(41)17-28)27(5)43-20-24(2)19-38(6,52-8)34(40)26(4)33(48)31(36(49)50)18-30-21-42-23-54-30/h12-14,17,21-27,31,34-35,43H,9-11,15-16,18-20,41H2,1-8H3,(H,49,50)/t24-,25-,26+,27-,31-,34-,35-,38-,39-/m1/s1. The second-order valence-electron chi connectivity index (χ2n) is 15.5. The maximum Gasteiger partial charge on any atom is 0.410 e. The van der Waals surface area contributed by atoms with Crippen molar-refractivity contribution in [1.29, 1.82) is 0 Å². The van der Waals surface area contributed by atoms with Crippen LogP contribution in [0.1, 0.15) is 79.0 Å². The van der Waals surface area contributed by atoms with E-state index < -0.39 is 40.6 Å².